The van der Waals surface area contributed by atoms with E-state index in [0.29, 0.717) is 17.1 Å². The van der Waals surface area contributed by atoms with Crippen molar-refractivity contribution in [1.82, 2.24) is 0 Å². The molecule has 1 nitrogen and oxygen atoms in total. The summed E-state index contributed by atoms with van der Waals surface area (Å²) < 4.78 is 0. The Labute approximate surface area is 106 Å². The third-order valence-electron chi connectivity index (χ3n) is 5.53. The SMILES string of the molecule is CC(=O)C1(C)CCC2=C(C1C)C(C)(C)CCC2. The Hall–Kier alpha value is -0.590. The highest BCUT2D eigenvalue weighted by Gasteiger charge is 2.46. The second-order valence-corrected chi connectivity index (χ2v) is 6.95. The molecular weight excluding hydrogens is 208 g/mol. The molecule has 0 amide bonds. The van der Waals surface area contributed by atoms with Gasteiger partial charge >= 0.3 is 0 Å². The van der Waals surface area contributed by atoms with Crippen LogP contribution in [-0.4, -0.2) is 5.78 Å². The van der Waals surface area contributed by atoms with E-state index in [-0.39, 0.29) is 5.41 Å². The lowest BCUT2D eigenvalue weighted by molar-refractivity contribution is -0.128. The van der Waals surface area contributed by atoms with Crippen LogP contribution in [0.1, 0.15) is 66.7 Å². The van der Waals surface area contributed by atoms with Crippen LogP contribution < -0.4 is 0 Å². The minimum Gasteiger partial charge on any atom is -0.299 e. The maximum Gasteiger partial charge on any atom is 0.136 e. The van der Waals surface area contributed by atoms with Crippen molar-refractivity contribution >= 4 is 5.78 Å². The quantitative estimate of drug-likeness (QED) is 0.610. The Balaban J connectivity index is 2.45. The van der Waals surface area contributed by atoms with Gasteiger partial charge in [-0.25, -0.2) is 0 Å². The molecular formula is C16H26O. The topological polar surface area (TPSA) is 17.1 Å². The van der Waals surface area contributed by atoms with Crippen molar-refractivity contribution in [2.24, 2.45) is 16.7 Å². The van der Waals surface area contributed by atoms with Gasteiger partial charge in [-0.15, -0.1) is 0 Å². The molecule has 0 saturated heterocycles. The Morgan fingerprint density at radius 2 is 1.82 bits per heavy atom. The summed E-state index contributed by atoms with van der Waals surface area (Å²) in [4.78, 5) is 12.0. The first kappa shape index (κ1) is 12.9. The van der Waals surface area contributed by atoms with Crippen LogP contribution in [0.15, 0.2) is 11.1 Å². The summed E-state index contributed by atoms with van der Waals surface area (Å²) >= 11 is 0. The molecule has 0 fully saturated rings. The number of rotatable bonds is 1. The molecule has 0 aromatic heterocycles. The molecule has 0 aromatic rings. The Morgan fingerprint density at radius 3 is 2.41 bits per heavy atom. The molecule has 2 aliphatic rings. The highest BCUT2D eigenvalue weighted by molar-refractivity contribution is 5.83. The molecule has 96 valence electrons. The van der Waals surface area contributed by atoms with Crippen molar-refractivity contribution < 1.29 is 4.79 Å². The van der Waals surface area contributed by atoms with E-state index < -0.39 is 0 Å². The van der Waals surface area contributed by atoms with E-state index in [0.717, 1.165) is 12.8 Å². The summed E-state index contributed by atoms with van der Waals surface area (Å²) in [6.07, 6.45) is 6.09. The molecule has 2 atom stereocenters. The molecule has 0 radical (unpaired) electrons. The fourth-order valence-corrected chi connectivity index (χ4v) is 4.07. The van der Waals surface area contributed by atoms with Crippen LogP contribution in [0.5, 0.6) is 0 Å². The zero-order chi connectivity index (χ0) is 12.8. The number of hydrogen-bond acceptors (Lipinski definition) is 1. The molecule has 2 unspecified atom stereocenters. The van der Waals surface area contributed by atoms with E-state index >= 15 is 0 Å². The normalized spacial score (nSPS) is 36.6. The Bertz CT molecular complexity index is 375. The molecule has 0 N–H and O–H groups in total. The number of carbonyl (C=O) groups excluding carboxylic acids is 1. The smallest absolute Gasteiger partial charge is 0.136 e. The van der Waals surface area contributed by atoms with Gasteiger partial charge in [0.05, 0.1) is 0 Å². The lowest BCUT2D eigenvalue weighted by atomic mass is 9.55. The predicted molar refractivity (Wildman–Crippen MR) is 71.8 cm³/mol. The van der Waals surface area contributed by atoms with Gasteiger partial charge in [-0.05, 0) is 50.4 Å². The maximum absolute atomic E-state index is 12.0. The van der Waals surface area contributed by atoms with E-state index in [1.54, 1.807) is 18.1 Å². The van der Waals surface area contributed by atoms with Crippen molar-refractivity contribution in [3.05, 3.63) is 11.1 Å². The molecule has 0 spiro atoms. The highest BCUT2D eigenvalue weighted by atomic mass is 16.1. The van der Waals surface area contributed by atoms with Crippen LogP contribution in [0.3, 0.4) is 0 Å². The maximum atomic E-state index is 12.0. The lowest BCUT2D eigenvalue weighted by Gasteiger charge is -2.48. The van der Waals surface area contributed by atoms with Crippen LogP contribution in [0.2, 0.25) is 0 Å². The predicted octanol–water partition coefficient (Wildman–Crippen LogP) is 4.52. The van der Waals surface area contributed by atoms with Crippen LogP contribution in [0.25, 0.3) is 0 Å². The van der Waals surface area contributed by atoms with Crippen LogP contribution in [0, 0.1) is 16.7 Å². The summed E-state index contributed by atoms with van der Waals surface area (Å²) in [7, 11) is 0. The van der Waals surface area contributed by atoms with Crippen molar-refractivity contribution in [2.75, 3.05) is 0 Å². The van der Waals surface area contributed by atoms with Gasteiger partial charge in [0.15, 0.2) is 0 Å². The molecule has 0 aliphatic heterocycles. The van der Waals surface area contributed by atoms with E-state index in [1.165, 1.54) is 19.3 Å². The van der Waals surface area contributed by atoms with Gasteiger partial charge in [0, 0.05) is 5.41 Å². The Kier molecular flexibility index (Phi) is 3.00. The highest BCUT2D eigenvalue weighted by Crippen LogP contribution is 2.54. The molecule has 2 rings (SSSR count). The monoisotopic (exact) mass is 234 g/mol. The largest absolute Gasteiger partial charge is 0.299 e. The first-order chi connectivity index (χ1) is 7.79. The minimum atomic E-state index is -0.118. The van der Waals surface area contributed by atoms with Crippen molar-refractivity contribution in [1.29, 1.82) is 0 Å². The average Bonchev–Trinajstić information content (AvgIpc) is 2.22. The van der Waals surface area contributed by atoms with Gasteiger partial charge in [0.2, 0.25) is 0 Å². The number of Topliss-reactive ketones (excluding diaryl/α,β-unsaturated/α-hetero) is 1. The van der Waals surface area contributed by atoms with Crippen molar-refractivity contribution in [3.8, 4) is 0 Å². The van der Waals surface area contributed by atoms with Gasteiger partial charge in [0.25, 0.3) is 0 Å². The van der Waals surface area contributed by atoms with Crippen molar-refractivity contribution in [2.45, 2.75) is 66.7 Å². The summed E-state index contributed by atoms with van der Waals surface area (Å²) in [6.45, 7) is 11.0. The van der Waals surface area contributed by atoms with Gasteiger partial charge in [-0.3, -0.25) is 4.79 Å². The van der Waals surface area contributed by atoms with Crippen LogP contribution in [-0.2, 0) is 4.79 Å². The number of ketones is 1. The fourth-order valence-electron chi connectivity index (χ4n) is 4.07. The first-order valence-corrected chi connectivity index (χ1v) is 7.02. The summed E-state index contributed by atoms with van der Waals surface area (Å²) in [5.41, 5.74) is 3.48. The second-order valence-electron chi connectivity index (χ2n) is 6.95. The third-order valence-corrected chi connectivity index (χ3v) is 5.53. The zero-order valence-electron chi connectivity index (χ0n) is 12.0. The van der Waals surface area contributed by atoms with E-state index in [1.807, 2.05) is 0 Å². The van der Waals surface area contributed by atoms with E-state index in [9.17, 15) is 4.79 Å². The summed E-state index contributed by atoms with van der Waals surface area (Å²) in [5.74, 6) is 0.803. The van der Waals surface area contributed by atoms with Gasteiger partial charge in [-0.2, -0.15) is 0 Å². The van der Waals surface area contributed by atoms with Crippen LogP contribution in [0.4, 0.5) is 0 Å². The standard InChI is InChI=1S/C16H26O/c1-11-14-13(7-6-9-15(14,3)4)8-10-16(11,5)12(2)17/h11H,6-10H2,1-5H3. The summed E-state index contributed by atoms with van der Waals surface area (Å²) in [5, 5.41) is 0. The number of carbonyl (C=O) groups is 1. The summed E-state index contributed by atoms with van der Waals surface area (Å²) in [6, 6.07) is 0. The molecule has 2 aliphatic carbocycles. The molecule has 0 bridgehead atoms. The van der Waals surface area contributed by atoms with Gasteiger partial charge in [0.1, 0.15) is 5.78 Å². The fraction of sp³-hybridized carbons (Fsp3) is 0.812. The lowest BCUT2D eigenvalue weighted by Crippen LogP contribution is -2.42. The average molecular weight is 234 g/mol. The van der Waals surface area contributed by atoms with E-state index in [4.69, 9.17) is 0 Å². The molecule has 17 heavy (non-hydrogen) atoms. The molecule has 0 saturated carbocycles. The minimum absolute atomic E-state index is 0.118. The second kappa shape index (κ2) is 3.96. The van der Waals surface area contributed by atoms with Gasteiger partial charge in [-0.1, -0.05) is 38.8 Å². The van der Waals surface area contributed by atoms with E-state index in [2.05, 4.69) is 27.7 Å². The van der Waals surface area contributed by atoms with Crippen molar-refractivity contribution in [3.63, 3.8) is 0 Å². The molecule has 0 aromatic carbocycles. The van der Waals surface area contributed by atoms with Gasteiger partial charge < -0.3 is 0 Å². The zero-order valence-corrected chi connectivity index (χ0v) is 12.0. The molecule has 0 heterocycles. The van der Waals surface area contributed by atoms with Crippen LogP contribution >= 0.6 is 0 Å². The first-order valence-electron chi connectivity index (χ1n) is 7.02. The number of hydrogen-bond donors (Lipinski definition) is 0. The molecule has 1 heteroatoms. The number of allylic oxidation sites excluding steroid dienone is 2. The Morgan fingerprint density at radius 1 is 1.18 bits per heavy atom. The third kappa shape index (κ3) is 1.88.